The number of carbonyl (C=O) groups is 1. The number of benzene rings is 1. The van der Waals surface area contributed by atoms with Gasteiger partial charge in [0.15, 0.2) is 5.69 Å². The van der Waals surface area contributed by atoms with Crippen molar-refractivity contribution < 1.29 is 13.9 Å². The molecule has 7 nitrogen and oxygen atoms in total. The molecular formula is C19H25ClFN5O2. The van der Waals surface area contributed by atoms with Gasteiger partial charge in [-0.1, -0.05) is 12.1 Å². The minimum atomic E-state index is -0.274. The molecule has 1 atom stereocenters. The second-order valence-corrected chi connectivity index (χ2v) is 6.89. The van der Waals surface area contributed by atoms with Crippen molar-refractivity contribution in [3.05, 3.63) is 52.6 Å². The first kappa shape index (κ1) is 20.7. The van der Waals surface area contributed by atoms with E-state index in [4.69, 9.17) is 4.74 Å². The Labute approximate surface area is 169 Å². The summed E-state index contributed by atoms with van der Waals surface area (Å²) in [7, 11) is 0. The van der Waals surface area contributed by atoms with E-state index < -0.39 is 0 Å². The lowest BCUT2D eigenvalue weighted by atomic mass is 10.0. The number of rotatable bonds is 5. The molecule has 28 heavy (non-hydrogen) atoms. The highest BCUT2D eigenvalue weighted by atomic mass is 35.5. The number of aromatic amines is 1. The average Bonchev–Trinajstić information content (AvgIpc) is 3.13. The standard InChI is InChI=1S/C19H24FN5O2.ClH/c20-14-3-1-2-13(10-14)17(25-6-8-27-9-7-25)12-22-19(26)18-15-11-21-5-4-16(15)23-24-18;/h1-3,10,17,21H,4-9,11-12H2,(H,22,26)(H,23,24);1H. The molecule has 9 heteroatoms. The highest BCUT2D eigenvalue weighted by molar-refractivity contribution is 5.94. The molecule has 0 radical (unpaired) electrons. The lowest BCUT2D eigenvalue weighted by Crippen LogP contribution is -2.44. The number of hydrogen-bond donors (Lipinski definition) is 3. The molecule has 2 aliphatic rings. The number of halogens is 2. The predicted octanol–water partition coefficient (Wildman–Crippen LogP) is 1.42. The first-order valence-corrected chi connectivity index (χ1v) is 9.34. The van der Waals surface area contributed by atoms with Crippen LogP contribution in [0, 0.1) is 5.82 Å². The second-order valence-electron chi connectivity index (χ2n) is 6.89. The van der Waals surface area contributed by atoms with E-state index in [0.717, 1.165) is 42.9 Å². The van der Waals surface area contributed by atoms with E-state index in [1.807, 2.05) is 6.07 Å². The number of H-pyrrole nitrogens is 1. The number of hydrogen-bond acceptors (Lipinski definition) is 5. The Hall–Kier alpha value is -2.00. The number of amides is 1. The Morgan fingerprint density at radius 3 is 2.96 bits per heavy atom. The first-order chi connectivity index (χ1) is 13.2. The van der Waals surface area contributed by atoms with E-state index in [2.05, 4.69) is 25.7 Å². The molecule has 1 saturated heterocycles. The Morgan fingerprint density at radius 2 is 2.18 bits per heavy atom. The molecule has 2 aromatic rings. The van der Waals surface area contributed by atoms with Crippen molar-refractivity contribution in [2.24, 2.45) is 0 Å². The van der Waals surface area contributed by atoms with E-state index in [1.165, 1.54) is 12.1 Å². The van der Waals surface area contributed by atoms with Gasteiger partial charge in [-0.25, -0.2) is 4.39 Å². The molecule has 0 aliphatic carbocycles. The van der Waals surface area contributed by atoms with Crippen molar-refractivity contribution >= 4 is 18.3 Å². The Morgan fingerprint density at radius 1 is 1.36 bits per heavy atom. The van der Waals surface area contributed by atoms with E-state index in [0.29, 0.717) is 32.0 Å². The van der Waals surface area contributed by atoms with Crippen molar-refractivity contribution in [3.63, 3.8) is 0 Å². The van der Waals surface area contributed by atoms with Gasteiger partial charge in [0.05, 0.1) is 19.3 Å². The number of ether oxygens (including phenoxy) is 1. The molecule has 3 heterocycles. The lowest BCUT2D eigenvalue weighted by Gasteiger charge is -2.34. The largest absolute Gasteiger partial charge is 0.379 e. The van der Waals surface area contributed by atoms with Crippen LogP contribution in [-0.2, 0) is 17.7 Å². The van der Waals surface area contributed by atoms with Crippen LogP contribution >= 0.6 is 12.4 Å². The summed E-state index contributed by atoms with van der Waals surface area (Å²) in [5.41, 5.74) is 3.25. The zero-order chi connectivity index (χ0) is 18.6. The number of carbonyl (C=O) groups excluding carboxylic acids is 1. The summed E-state index contributed by atoms with van der Waals surface area (Å²) < 4.78 is 19.2. The van der Waals surface area contributed by atoms with Gasteiger partial charge in [-0.15, -0.1) is 12.4 Å². The molecule has 0 saturated carbocycles. The molecule has 4 rings (SSSR count). The van der Waals surface area contributed by atoms with Crippen molar-refractivity contribution in [1.82, 2.24) is 25.7 Å². The molecule has 1 unspecified atom stereocenters. The highest BCUT2D eigenvalue weighted by Gasteiger charge is 2.26. The first-order valence-electron chi connectivity index (χ1n) is 9.34. The number of fused-ring (bicyclic) bond motifs is 1. The zero-order valence-electron chi connectivity index (χ0n) is 15.5. The van der Waals surface area contributed by atoms with Crippen LogP contribution in [0.1, 0.15) is 33.4 Å². The van der Waals surface area contributed by atoms with Gasteiger partial charge >= 0.3 is 0 Å². The SMILES string of the molecule is Cl.O=C(NCC(c1cccc(F)c1)N1CCOCC1)c1n[nH]c2c1CNCC2. The minimum absolute atomic E-state index is 0. The Balaban J connectivity index is 0.00000225. The van der Waals surface area contributed by atoms with Crippen molar-refractivity contribution in [1.29, 1.82) is 0 Å². The van der Waals surface area contributed by atoms with Crippen LogP contribution in [0.15, 0.2) is 24.3 Å². The van der Waals surface area contributed by atoms with E-state index in [-0.39, 0.29) is 30.2 Å². The van der Waals surface area contributed by atoms with Crippen LogP contribution in [0.2, 0.25) is 0 Å². The maximum atomic E-state index is 13.8. The third kappa shape index (κ3) is 4.52. The van der Waals surface area contributed by atoms with Crippen molar-refractivity contribution in [2.45, 2.75) is 19.0 Å². The van der Waals surface area contributed by atoms with Gasteiger partial charge in [0, 0.05) is 50.4 Å². The van der Waals surface area contributed by atoms with E-state index >= 15 is 0 Å². The van der Waals surface area contributed by atoms with E-state index in [9.17, 15) is 9.18 Å². The number of aromatic nitrogens is 2. The van der Waals surface area contributed by atoms with Crippen LogP contribution in [0.25, 0.3) is 0 Å². The molecule has 2 aliphatic heterocycles. The average molecular weight is 410 g/mol. The van der Waals surface area contributed by atoms with Crippen molar-refractivity contribution in [2.75, 3.05) is 39.4 Å². The summed E-state index contributed by atoms with van der Waals surface area (Å²) in [6, 6.07) is 6.46. The monoisotopic (exact) mass is 409 g/mol. The fourth-order valence-electron chi connectivity index (χ4n) is 3.75. The topological polar surface area (TPSA) is 82.3 Å². The molecular weight excluding hydrogens is 385 g/mol. The summed E-state index contributed by atoms with van der Waals surface area (Å²) >= 11 is 0. The lowest BCUT2D eigenvalue weighted by molar-refractivity contribution is 0.0161. The summed E-state index contributed by atoms with van der Waals surface area (Å²) in [6.45, 7) is 4.69. The summed E-state index contributed by atoms with van der Waals surface area (Å²) in [4.78, 5) is 14.9. The van der Waals surface area contributed by atoms with Crippen LogP contribution < -0.4 is 10.6 Å². The zero-order valence-corrected chi connectivity index (χ0v) is 16.4. The van der Waals surface area contributed by atoms with Gasteiger partial charge in [-0.05, 0) is 17.7 Å². The smallest absolute Gasteiger partial charge is 0.272 e. The van der Waals surface area contributed by atoms with Crippen LogP contribution in [0.3, 0.4) is 0 Å². The molecule has 0 spiro atoms. The molecule has 3 N–H and O–H groups in total. The third-order valence-electron chi connectivity index (χ3n) is 5.20. The fourth-order valence-corrected chi connectivity index (χ4v) is 3.75. The Kier molecular flexibility index (Phi) is 7.01. The van der Waals surface area contributed by atoms with E-state index in [1.54, 1.807) is 6.07 Å². The number of morpholine rings is 1. The maximum Gasteiger partial charge on any atom is 0.272 e. The van der Waals surface area contributed by atoms with Crippen LogP contribution in [0.4, 0.5) is 4.39 Å². The molecule has 1 aromatic heterocycles. The third-order valence-corrected chi connectivity index (χ3v) is 5.20. The van der Waals surface area contributed by atoms with Crippen molar-refractivity contribution in [3.8, 4) is 0 Å². The maximum absolute atomic E-state index is 13.8. The number of nitrogens with zero attached hydrogens (tertiary/aromatic N) is 2. The van der Waals surface area contributed by atoms with Gasteiger partial charge in [-0.3, -0.25) is 14.8 Å². The summed E-state index contributed by atoms with van der Waals surface area (Å²) in [6.07, 6.45) is 0.843. The van der Waals surface area contributed by atoms with Gasteiger partial charge in [-0.2, -0.15) is 5.10 Å². The molecule has 152 valence electrons. The normalized spacial score (nSPS) is 18.0. The second kappa shape index (κ2) is 9.47. The summed E-state index contributed by atoms with van der Waals surface area (Å²) in [5.74, 6) is -0.476. The van der Waals surface area contributed by atoms with Gasteiger partial charge < -0.3 is 15.4 Å². The minimum Gasteiger partial charge on any atom is -0.379 e. The molecule has 0 bridgehead atoms. The fraction of sp³-hybridized carbons (Fsp3) is 0.474. The number of nitrogens with one attached hydrogen (secondary N) is 3. The van der Waals surface area contributed by atoms with Crippen LogP contribution in [-0.4, -0.2) is 60.4 Å². The molecule has 1 fully saturated rings. The summed E-state index contributed by atoms with van der Waals surface area (Å²) in [5, 5.41) is 13.4. The van der Waals surface area contributed by atoms with Gasteiger partial charge in [0.2, 0.25) is 0 Å². The Bertz CT molecular complexity index is 809. The molecule has 1 amide bonds. The van der Waals surface area contributed by atoms with Gasteiger partial charge in [0.1, 0.15) is 5.82 Å². The quantitative estimate of drug-likeness (QED) is 0.695. The molecule has 1 aromatic carbocycles. The predicted molar refractivity (Wildman–Crippen MR) is 105 cm³/mol. The highest BCUT2D eigenvalue weighted by Crippen LogP contribution is 2.22. The van der Waals surface area contributed by atoms with Gasteiger partial charge in [0.25, 0.3) is 5.91 Å². The van der Waals surface area contributed by atoms with Crippen LogP contribution in [0.5, 0.6) is 0 Å².